The maximum Gasteiger partial charge on any atom is 0.280 e. The molecule has 294 valence electrons. The Morgan fingerprint density at radius 1 is 0.982 bits per heavy atom. The standard InChI is InChI=1S/C23H26F2N4O2.C17H21F2N3O2/c1-14(2)31-19-11-21-27-18(15-7-4-3-5-8-15)13-29(21)12-16(19)23(30)28-20-10-6-9-17(26-20)22(24)25;1-22-9-8-13(17(18,19)10-22)11-2-4-12(5-3-11)20-14-6-7-15(23)21-16(14)24/h6,9-15,22H,3-5,7-8H2,1-2H3,(H,26,28,30);2-5,13-14,20H,6-10H2,1H3,(H,21,23,24). The number of anilines is 2. The smallest absolute Gasteiger partial charge is 0.280 e. The summed E-state index contributed by atoms with van der Waals surface area (Å²) in [6, 6.07) is 12.2. The molecule has 3 fully saturated rings. The van der Waals surface area contributed by atoms with Crippen molar-refractivity contribution in [1.29, 1.82) is 0 Å². The van der Waals surface area contributed by atoms with E-state index in [4.69, 9.17) is 9.72 Å². The Hall–Kier alpha value is -5.05. The number of imidazole rings is 1. The van der Waals surface area contributed by atoms with Gasteiger partial charge in [0.25, 0.3) is 18.3 Å². The van der Waals surface area contributed by atoms with Crippen LogP contribution in [0.4, 0.5) is 29.1 Å². The summed E-state index contributed by atoms with van der Waals surface area (Å²) in [6.45, 7) is 4.17. The van der Waals surface area contributed by atoms with Crippen molar-refractivity contribution in [3.05, 3.63) is 83.4 Å². The van der Waals surface area contributed by atoms with Crippen LogP contribution >= 0.6 is 0 Å². The van der Waals surface area contributed by atoms with E-state index < -0.39 is 35.9 Å². The van der Waals surface area contributed by atoms with Gasteiger partial charge in [0.15, 0.2) is 0 Å². The van der Waals surface area contributed by atoms with Gasteiger partial charge in [0, 0.05) is 36.5 Å². The summed E-state index contributed by atoms with van der Waals surface area (Å²) in [7, 11) is 1.71. The van der Waals surface area contributed by atoms with Crippen molar-refractivity contribution in [2.24, 2.45) is 0 Å². The molecule has 7 rings (SSSR count). The number of fused-ring (bicyclic) bond motifs is 1. The van der Waals surface area contributed by atoms with Gasteiger partial charge in [0.1, 0.15) is 29.0 Å². The number of nitrogens with zero attached hydrogens (tertiary/aromatic N) is 4. The summed E-state index contributed by atoms with van der Waals surface area (Å²) in [4.78, 5) is 46.1. The molecule has 2 unspecified atom stereocenters. The van der Waals surface area contributed by atoms with E-state index in [0.717, 1.165) is 18.5 Å². The third kappa shape index (κ3) is 9.99. The number of likely N-dealkylation sites (tertiary alicyclic amines) is 1. The Kier molecular flexibility index (Phi) is 12.4. The number of rotatable bonds is 9. The fourth-order valence-corrected chi connectivity index (χ4v) is 7.34. The third-order valence-electron chi connectivity index (χ3n) is 10.1. The van der Waals surface area contributed by atoms with Gasteiger partial charge in [0.2, 0.25) is 11.8 Å². The lowest BCUT2D eigenvalue weighted by molar-refractivity contribution is -0.133. The van der Waals surface area contributed by atoms with Gasteiger partial charge in [-0.3, -0.25) is 19.7 Å². The summed E-state index contributed by atoms with van der Waals surface area (Å²) in [5, 5.41) is 7.94. The van der Waals surface area contributed by atoms with Crippen LogP contribution in [-0.2, 0) is 9.59 Å². The fraction of sp³-hybridized carbons (Fsp3) is 0.475. The summed E-state index contributed by atoms with van der Waals surface area (Å²) in [5.41, 5.74) is 2.94. The molecule has 4 aromatic rings. The number of benzene rings is 1. The van der Waals surface area contributed by atoms with Crippen LogP contribution in [-0.4, -0.2) is 75.2 Å². The zero-order valence-electron chi connectivity index (χ0n) is 31.2. The second-order valence-corrected chi connectivity index (χ2v) is 14.8. The number of alkyl halides is 4. The number of amides is 3. The molecule has 3 aliphatic rings. The van der Waals surface area contributed by atoms with Crippen LogP contribution in [0, 0.1) is 0 Å². The Morgan fingerprint density at radius 3 is 2.40 bits per heavy atom. The molecule has 3 amide bonds. The highest BCUT2D eigenvalue weighted by Gasteiger charge is 2.44. The first-order valence-electron chi connectivity index (χ1n) is 18.8. The lowest BCUT2D eigenvalue weighted by atomic mass is 9.86. The minimum atomic E-state index is -2.74. The van der Waals surface area contributed by atoms with Gasteiger partial charge in [-0.1, -0.05) is 37.5 Å². The zero-order valence-corrected chi connectivity index (χ0v) is 31.2. The second-order valence-electron chi connectivity index (χ2n) is 14.8. The molecular formula is C40H47F4N7O4. The third-order valence-corrected chi connectivity index (χ3v) is 10.1. The number of piperidine rings is 2. The summed E-state index contributed by atoms with van der Waals surface area (Å²) >= 11 is 0. The molecule has 1 saturated carbocycles. The fourth-order valence-electron chi connectivity index (χ4n) is 7.34. The number of hydrogen-bond acceptors (Lipinski definition) is 8. The molecule has 5 heterocycles. The molecule has 0 spiro atoms. The zero-order chi connectivity index (χ0) is 39.3. The minimum Gasteiger partial charge on any atom is -0.490 e. The van der Waals surface area contributed by atoms with Crippen molar-refractivity contribution in [2.75, 3.05) is 30.8 Å². The van der Waals surface area contributed by atoms with Crippen molar-refractivity contribution in [3.63, 3.8) is 0 Å². The predicted molar refractivity (Wildman–Crippen MR) is 200 cm³/mol. The number of pyridine rings is 2. The lowest BCUT2D eigenvalue weighted by Crippen LogP contribution is -2.47. The monoisotopic (exact) mass is 765 g/mol. The summed E-state index contributed by atoms with van der Waals surface area (Å²) in [5.74, 6) is -3.73. The number of hydrogen-bond donors (Lipinski definition) is 3. The van der Waals surface area contributed by atoms with Gasteiger partial charge in [-0.25, -0.2) is 27.5 Å². The number of carbonyl (C=O) groups is 3. The van der Waals surface area contributed by atoms with E-state index in [0.29, 0.717) is 54.4 Å². The molecule has 3 N–H and O–H groups in total. The number of aromatic nitrogens is 3. The Bertz CT molecular complexity index is 1980. The molecule has 3 aromatic heterocycles. The SMILES string of the molecule is CC(C)Oc1cc2nc(C3CCCCC3)cn2cc1C(=O)Nc1cccc(C(F)F)n1.CN1CCC(c2ccc(NC3CCC(=O)NC3=O)cc2)C(F)(F)C1. The normalized spacial score (nSPS) is 20.5. The van der Waals surface area contributed by atoms with E-state index in [1.54, 1.807) is 48.5 Å². The molecule has 1 aliphatic carbocycles. The van der Waals surface area contributed by atoms with Gasteiger partial charge in [-0.2, -0.15) is 0 Å². The highest BCUT2D eigenvalue weighted by Crippen LogP contribution is 2.40. The molecule has 2 atom stereocenters. The van der Waals surface area contributed by atoms with Crippen molar-refractivity contribution in [2.45, 2.75) is 102 Å². The Labute approximate surface area is 317 Å². The molecule has 15 heteroatoms. The molecule has 55 heavy (non-hydrogen) atoms. The lowest BCUT2D eigenvalue weighted by Gasteiger charge is -2.36. The van der Waals surface area contributed by atoms with Crippen LogP contribution in [0.3, 0.4) is 0 Å². The van der Waals surface area contributed by atoms with Crippen molar-refractivity contribution in [3.8, 4) is 5.75 Å². The van der Waals surface area contributed by atoms with Gasteiger partial charge >= 0.3 is 0 Å². The van der Waals surface area contributed by atoms with Crippen LogP contribution < -0.4 is 20.7 Å². The van der Waals surface area contributed by atoms with E-state index in [1.165, 1.54) is 37.5 Å². The Balaban J connectivity index is 0.000000193. The van der Waals surface area contributed by atoms with Gasteiger partial charge < -0.3 is 24.7 Å². The van der Waals surface area contributed by atoms with Gasteiger partial charge in [-0.05, 0) is 83.0 Å². The largest absolute Gasteiger partial charge is 0.490 e. The quantitative estimate of drug-likeness (QED) is 0.117. The highest BCUT2D eigenvalue weighted by atomic mass is 19.3. The van der Waals surface area contributed by atoms with Crippen molar-refractivity contribution in [1.82, 2.24) is 24.6 Å². The Morgan fingerprint density at radius 2 is 1.73 bits per heavy atom. The highest BCUT2D eigenvalue weighted by molar-refractivity contribution is 6.06. The molecule has 2 saturated heterocycles. The first kappa shape index (κ1) is 39.6. The maximum absolute atomic E-state index is 14.2. The maximum atomic E-state index is 14.2. The van der Waals surface area contributed by atoms with E-state index in [-0.39, 0.29) is 35.8 Å². The van der Waals surface area contributed by atoms with Crippen molar-refractivity contribution < 1.29 is 36.7 Å². The topological polar surface area (TPSA) is 130 Å². The molecule has 1 aromatic carbocycles. The minimum absolute atomic E-state index is 0.0620. The molecule has 0 radical (unpaired) electrons. The first-order valence-corrected chi connectivity index (χ1v) is 18.8. The van der Waals surface area contributed by atoms with Gasteiger partial charge in [-0.15, -0.1) is 0 Å². The number of imide groups is 1. The average Bonchev–Trinajstić information content (AvgIpc) is 3.56. The van der Waals surface area contributed by atoms with E-state index in [2.05, 4.69) is 20.9 Å². The number of ether oxygens (including phenoxy) is 1. The van der Waals surface area contributed by atoms with Crippen LogP contribution in [0.25, 0.3) is 5.65 Å². The summed E-state index contributed by atoms with van der Waals surface area (Å²) in [6.07, 6.45) is 7.86. The average molecular weight is 766 g/mol. The van der Waals surface area contributed by atoms with Crippen LogP contribution in [0.1, 0.15) is 111 Å². The molecule has 0 bridgehead atoms. The van der Waals surface area contributed by atoms with Crippen molar-refractivity contribution >= 4 is 34.9 Å². The number of halogens is 4. The van der Waals surface area contributed by atoms with E-state index >= 15 is 0 Å². The van der Waals surface area contributed by atoms with Crippen LogP contribution in [0.5, 0.6) is 5.75 Å². The van der Waals surface area contributed by atoms with E-state index in [9.17, 15) is 31.9 Å². The number of nitrogens with one attached hydrogen (secondary N) is 3. The van der Waals surface area contributed by atoms with E-state index in [1.807, 2.05) is 24.4 Å². The van der Waals surface area contributed by atoms with Crippen LogP contribution in [0.2, 0.25) is 0 Å². The molecule has 11 nitrogen and oxygen atoms in total. The first-order chi connectivity index (χ1) is 26.3. The number of carbonyl (C=O) groups excluding carboxylic acids is 3. The predicted octanol–water partition coefficient (Wildman–Crippen LogP) is 7.71. The second kappa shape index (κ2) is 17.2. The van der Waals surface area contributed by atoms with Crippen LogP contribution in [0.15, 0.2) is 60.9 Å². The van der Waals surface area contributed by atoms with Gasteiger partial charge in [0.05, 0.1) is 29.8 Å². The molecule has 2 aliphatic heterocycles. The summed E-state index contributed by atoms with van der Waals surface area (Å²) < 4.78 is 62.0. The molecular weight excluding hydrogens is 718 g/mol.